The Kier molecular flexibility index (Phi) is 29.0. The van der Waals surface area contributed by atoms with Gasteiger partial charge < -0.3 is 8.98 Å². The Labute approximate surface area is 461 Å². The van der Waals surface area contributed by atoms with Gasteiger partial charge in [0.2, 0.25) is 11.9 Å². The van der Waals surface area contributed by atoms with Crippen LogP contribution in [0.1, 0.15) is 127 Å². The molecule has 0 radical (unpaired) electrons. The molecule has 8 aromatic rings. The Balaban J connectivity index is 0.000000436. The molecule has 76 heavy (non-hydrogen) atoms. The quantitative estimate of drug-likeness (QED) is 0.126. The van der Waals surface area contributed by atoms with Gasteiger partial charge in [0.25, 0.3) is 32.1 Å². The van der Waals surface area contributed by atoms with Crippen LogP contribution in [0, 0.1) is 97.9 Å². The molecule has 0 spiro atoms. The second-order valence-electron chi connectivity index (χ2n) is 16.6. The lowest BCUT2D eigenvalue weighted by molar-refractivity contribution is 0.144. The summed E-state index contributed by atoms with van der Waals surface area (Å²) in [6, 6.07) is 4.17. The maximum atomic E-state index is 12.7. The Bertz CT molecular complexity index is 2770. The Morgan fingerprint density at radius 2 is 1.05 bits per heavy atom. The van der Waals surface area contributed by atoms with Crippen LogP contribution in [0.2, 0.25) is 5.15 Å². The first-order valence-electron chi connectivity index (χ1n) is 22.3. The fourth-order valence-corrected chi connectivity index (χ4v) is 8.30. The molecule has 27 heteroatoms. The summed E-state index contributed by atoms with van der Waals surface area (Å²) in [5.74, 6) is 1.08. The average molecular weight is 1260 g/mol. The number of aryl methyl sites for hydroxylation is 14. The van der Waals surface area contributed by atoms with Crippen molar-refractivity contribution in [1.82, 2.24) is 48.7 Å². The third kappa shape index (κ3) is 21.7. The zero-order valence-electron chi connectivity index (χ0n) is 44.8. The van der Waals surface area contributed by atoms with Crippen LogP contribution in [0.3, 0.4) is 0 Å². The molecule has 8 heterocycles. The lowest BCUT2D eigenvalue weighted by Gasteiger charge is -1.93. The molecule has 424 valence electrons. The van der Waals surface area contributed by atoms with Gasteiger partial charge in [0.15, 0.2) is 0 Å². The van der Waals surface area contributed by atoms with Crippen molar-refractivity contribution in [3.05, 3.63) is 150 Å². The molecule has 0 bridgehead atoms. The van der Waals surface area contributed by atoms with Crippen molar-refractivity contribution >= 4 is 56.9 Å². The van der Waals surface area contributed by atoms with Crippen molar-refractivity contribution in [3.8, 4) is 0 Å². The maximum absolute atomic E-state index is 12.7. The largest absolute Gasteiger partial charge is 0.466 e. The Morgan fingerprint density at radius 1 is 0.553 bits per heavy atom. The monoisotopic (exact) mass is 1260 g/mol. The van der Waals surface area contributed by atoms with Gasteiger partial charge in [-0.25, -0.2) is 58.3 Å². The molecule has 11 nitrogen and oxygen atoms in total. The summed E-state index contributed by atoms with van der Waals surface area (Å²) in [6.45, 7) is 21.1. The van der Waals surface area contributed by atoms with E-state index in [0.717, 1.165) is 21.9 Å². The Morgan fingerprint density at radius 3 is 1.22 bits per heavy atom. The number of furan rings is 1. The van der Waals surface area contributed by atoms with Gasteiger partial charge in [-0.2, -0.15) is 29.2 Å². The van der Waals surface area contributed by atoms with E-state index in [1.165, 1.54) is 73.5 Å². The van der Waals surface area contributed by atoms with Crippen molar-refractivity contribution in [2.24, 2.45) is 35.2 Å². The van der Waals surface area contributed by atoms with Crippen LogP contribution in [0.4, 0.5) is 52.7 Å². The van der Waals surface area contributed by atoms with Crippen LogP contribution in [-0.2, 0) is 35.2 Å². The number of aromatic nitrogens is 10. The van der Waals surface area contributed by atoms with Gasteiger partial charge in [-0.3, -0.25) is 9.36 Å². The minimum absolute atomic E-state index is 0.0671. The first kappa shape index (κ1) is 68.9. The van der Waals surface area contributed by atoms with E-state index in [2.05, 4.69) is 66.3 Å². The van der Waals surface area contributed by atoms with Crippen LogP contribution >= 0.6 is 56.9 Å². The highest BCUT2D eigenvalue weighted by molar-refractivity contribution is 14.1. The van der Waals surface area contributed by atoms with Crippen LogP contribution in [0.5, 0.6) is 0 Å². The minimum Gasteiger partial charge on any atom is -0.466 e. The van der Waals surface area contributed by atoms with Gasteiger partial charge in [-0.15, -0.1) is 22.7 Å². The SMILES string of the molecule is Cc1c(C(F)F)nn(C)c1Cl.Cc1c(C(F)F)nn(C)c1F.Cc1cc(C)c(C)o1.Cc1ccsc1I.Cc1cn(C)cc1C(F)F.Cc1cn(C)nc1C(F)F.Cc1nc(C(F)F)c(C)s1.Cc1nn(C)c(F)c1C. The van der Waals surface area contributed by atoms with E-state index in [1.54, 1.807) is 91.0 Å². The van der Waals surface area contributed by atoms with E-state index in [9.17, 15) is 52.7 Å². The van der Waals surface area contributed by atoms with Gasteiger partial charge in [-0.05, 0) is 145 Å². The summed E-state index contributed by atoms with van der Waals surface area (Å²) in [5, 5.41) is 17.3. The number of hydrogen-bond acceptors (Lipinski definition) is 8. The Hall–Kier alpha value is -5.09. The highest BCUT2D eigenvalue weighted by atomic mass is 127. The predicted molar refractivity (Wildman–Crippen MR) is 283 cm³/mol. The molecular formula is C49H62ClF12IN10OS2. The second kappa shape index (κ2) is 32.0. The molecule has 0 aliphatic carbocycles. The summed E-state index contributed by atoms with van der Waals surface area (Å²) in [6.07, 6.45) is -7.78. The second-order valence-corrected chi connectivity index (χ2v) is 21.1. The number of hydrogen-bond donors (Lipinski definition) is 0. The molecule has 8 rings (SSSR count). The molecule has 0 aliphatic heterocycles. The van der Waals surface area contributed by atoms with Crippen LogP contribution in [0.25, 0.3) is 0 Å². The van der Waals surface area contributed by atoms with Gasteiger partial charge in [-0.1, -0.05) is 11.6 Å². The lowest BCUT2D eigenvalue weighted by Crippen LogP contribution is -1.94. The molecule has 0 atom stereocenters. The average Bonchev–Trinajstić information content (AvgIpc) is 4.22. The molecule has 0 saturated heterocycles. The topological polar surface area (TPSA) is 102 Å². The molecule has 0 unspecified atom stereocenters. The van der Waals surface area contributed by atoms with E-state index in [-0.39, 0.29) is 39.3 Å². The summed E-state index contributed by atoms with van der Waals surface area (Å²) < 4.78 is 158. The number of thiazole rings is 1. The summed E-state index contributed by atoms with van der Waals surface area (Å²) in [5.41, 5.74) is 4.71. The van der Waals surface area contributed by atoms with Crippen LogP contribution in [0.15, 0.2) is 40.5 Å². The third-order valence-electron chi connectivity index (χ3n) is 10.2. The van der Waals surface area contributed by atoms with E-state index in [4.69, 9.17) is 16.0 Å². The number of rotatable bonds is 5. The maximum Gasteiger partial charge on any atom is 0.282 e. The van der Waals surface area contributed by atoms with E-state index < -0.39 is 43.8 Å². The van der Waals surface area contributed by atoms with Gasteiger partial charge in [0.05, 0.1) is 13.6 Å². The summed E-state index contributed by atoms with van der Waals surface area (Å²) in [7, 11) is 7.77. The van der Waals surface area contributed by atoms with E-state index in [1.807, 2.05) is 26.8 Å². The highest BCUT2D eigenvalue weighted by Gasteiger charge is 2.20. The normalized spacial score (nSPS) is 10.6. The molecule has 0 amide bonds. The third-order valence-corrected chi connectivity index (χ3v) is 14.1. The number of nitrogens with zero attached hydrogens (tertiary/aromatic N) is 10. The molecule has 0 N–H and O–H groups in total. The fourth-order valence-electron chi connectivity index (χ4n) is 6.07. The van der Waals surface area contributed by atoms with Gasteiger partial charge >= 0.3 is 0 Å². The molecule has 0 saturated carbocycles. The first-order chi connectivity index (χ1) is 35.0. The van der Waals surface area contributed by atoms with Crippen molar-refractivity contribution < 1.29 is 57.1 Å². The highest BCUT2D eigenvalue weighted by Crippen LogP contribution is 2.28. The van der Waals surface area contributed by atoms with Crippen LogP contribution in [-0.4, -0.2) is 48.7 Å². The molecule has 0 aliphatic rings. The zero-order chi connectivity index (χ0) is 58.8. The van der Waals surface area contributed by atoms with Crippen molar-refractivity contribution in [1.29, 1.82) is 0 Å². The van der Waals surface area contributed by atoms with Gasteiger partial charge in [0.1, 0.15) is 39.4 Å². The smallest absolute Gasteiger partial charge is 0.282 e. The molecule has 8 aromatic heterocycles. The van der Waals surface area contributed by atoms with Crippen LogP contribution < -0.4 is 0 Å². The lowest BCUT2D eigenvalue weighted by atomic mass is 10.2. The molecule has 0 aromatic carbocycles. The number of alkyl halides is 10. The fraction of sp³-hybridized carbons (Fsp3) is 0.449. The zero-order valence-corrected chi connectivity index (χ0v) is 49.4. The molecule has 0 fully saturated rings. The predicted octanol–water partition coefficient (Wildman–Crippen LogP) is 16.8. The number of halogens is 14. The number of thiophene rings is 1. The minimum atomic E-state index is -2.70. The standard InChI is InChI=1S/C7H9F2N.C7H10O.C6H7ClF2N2.C6H7F3N2.C6H8F2N2.C6H7F2NS.C6H9FN2.C5H5IS/c1-5-3-10(2)4-6(5)7(8)9;1-5-4-6(2)8-7(5)3;1-3-4(6(8)9)10-11(2)5(3)7;1-3-4(5(7)8)10-11(2)6(3)9;1-4-3-10(2)9-5(4)6(7)8;1-3-5(6(7)8)9-4(2)10-3;1-4-5(2)8-9(3)6(4)7;1-4-2-3-7-5(4)6/h3-4,7H,1-2H3;4H,1-3H3;6H,1-2H3;5H,1-2H3;3,6H,1-2H3;6H,1-2H3;1-3H3;2-3H,1H3. The van der Waals surface area contributed by atoms with Crippen molar-refractivity contribution in [3.63, 3.8) is 0 Å². The first-order valence-corrected chi connectivity index (χ1v) is 25.4. The van der Waals surface area contributed by atoms with Crippen molar-refractivity contribution in [2.75, 3.05) is 0 Å². The molecular weight excluding hydrogens is 1200 g/mol. The van der Waals surface area contributed by atoms with E-state index >= 15 is 0 Å². The van der Waals surface area contributed by atoms with E-state index in [0.29, 0.717) is 32.1 Å². The van der Waals surface area contributed by atoms with Gasteiger partial charge in [0, 0.05) is 81.0 Å². The summed E-state index contributed by atoms with van der Waals surface area (Å²) in [4.78, 5) is 4.30. The summed E-state index contributed by atoms with van der Waals surface area (Å²) >= 11 is 11.0. The van der Waals surface area contributed by atoms with Crippen molar-refractivity contribution in [2.45, 2.75) is 115 Å².